The molecule has 110 valence electrons. The van der Waals surface area contributed by atoms with E-state index in [0.717, 1.165) is 6.42 Å². The lowest BCUT2D eigenvalue weighted by molar-refractivity contribution is -0.00294. The van der Waals surface area contributed by atoms with Crippen LogP contribution in [0.2, 0.25) is 0 Å². The highest BCUT2D eigenvalue weighted by Crippen LogP contribution is 2.25. The Morgan fingerprint density at radius 2 is 2.30 bits per heavy atom. The summed E-state index contributed by atoms with van der Waals surface area (Å²) in [4.78, 5) is 14.8. The quantitative estimate of drug-likeness (QED) is 0.648. The summed E-state index contributed by atoms with van der Waals surface area (Å²) in [6.45, 7) is 3.32. The maximum atomic E-state index is 11.9. The van der Waals surface area contributed by atoms with Gasteiger partial charge in [0.1, 0.15) is 4.64 Å². The molecule has 1 aliphatic carbocycles. The fraction of sp³-hybridized carbons (Fsp3) is 0.600. The second-order valence-corrected chi connectivity index (χ2v) is 5.75. The van der Waals surface area contributed by atoms with Gasteiger partial charge in [0, 0.05) is 12.7 Å². The Morgan fingerprint density at radius 1 is 1.50 bits per heavy atom. The van der Waals surface area contributed by atoms with E-state index in [4.69, 9.17) is 17.0 Å². The minimum absolute atomic E-state index is 0.146. The average molecular weight is 294 g/mol. The molecular weight excluding hydrogens is 272 g/mol. The molecule has 1 amide bonds. The van der Waals surface area contributed by atoms with Gasteiger partial charge in [-0.3, -0.25) is 4.79 Å². The fourth-order valence-electron chi connectivity index (χ4n) is 2.60. The molecule has 2 N–H and O–H groups in total. The van der Waals surface area contributed by atoms with Gasteiger partial charge in [0.05, 0.1) is 18.3 Å². The predicted molar refractivity (Wildman–Crippen MR) is 81.3 cm³/mol. The van der Waals surface area contributed by atoms with E-state index in [1.54, 1.807) is 18.3 Å². The number of rotatable bonds is 5. The van der Waals surface area contributed by atoms with Crippen LogP contribution in [0.15, 0.2) is 18.3 Å². The third-order valence-corrected chi connectivity index (χ3v) is 4.15. The number of carbonyl (C=O) groups excluding carboxylic acids is 1. The number of nitrogens with one attached hydrogen (secondary N) is 2. The van der Waals surface area contributed by atoms with Crippen molar-refractivity contribution in [2.75, 3.05) is 13.2 Å². The monoisotopic (exact) mass is 294 g/mol. The second-order valence-electron chi connectivity index (χ2n) is 5.34. The summed E-state index contributed by atoms with van der Waals surface area (Å²) in [5, 5.41) is 2.84. The van der Waals surface area contributed by atoms with Gasteiger partial charge >= 0.3 is 0 Å². The van der Waals surface area contributed by atoms with Crippen LogP contribution in [0.5, 0.6) is 0 Å². The molecule has 0 aromatic carbocycles. The van der Waals surface area contributed by atoms with Crippen molar-refractivity contribution in [3.05, 3.63) is 28.5 Å². The van der Waals surface area contributed by atoms with Crippen molar-refractivity contribution < 1.29 is 9.53 Å². The highest BCUT2D eigenvalue weighted by atomic mass is 32.1. The first kappa shape index (κ1) is 15.2. The zero-order chi connectivity index (χ0) is 14.4. The summed E-state index contributed by atoms with van der Waals surface area (Å²) in [7, 11) is 0. The van der Waals surface area contributed by atoms with Crippen LogP contribution >= 0.6 is 12.2 Å². The fourth-order valence-corrected chi connectivity index (χ4v) is 2.83. The molecule has 1 aliphatic rings. The van der Waals surface area contributed by atoms with E-state index in [0.29, 0.717) is 35.4 Å². The van der Waals surface area contributed by atoms with Crippen molar-refractivity contribution in [1.82, 2.24) is 10.3 Å². The number of ether oxygens (including phenoxy) is 1. The Labute approximate surface area is 124 Å². The smallest absolute Gasteiger partial charge is 0.254 e. The molecule has 2 atom stereocenters. The van der Waals surface area contributed by atoms with Gasteiger partial charge in [0.2, 0.25) is 0 Å². The van der Waals surface area contributed by atoms with E-state index < -0.39 is 0 Å². The molecule has 1 aromatic heterocycles. The number of hydrogen-bond acceptors (Lipinski definition) is 3. The lowest BCUT2D eigenvalue weighted by atomic mass is 9.88. The van der Waals surface area contributed by atoms with E-state index in [-0.39, 0.29) is 5.91 Å². The van der Waals surface area contributed by atoms with Gasteiger partial charge in [-0.05, 0) is 30.9 Å². The Hall–Kier alpha value is -1.20. The van der Waals surface area contributed by atoms with Crippen LogP contribution in [0.25, 0.3) is 0 Å². The molecule has 0 unspecified atom stereocenters. The van der Waals surface area contributed by atoms with Gasteiger partial charge in [-0.1, -0.05) is 32.0 Å². The van der Waals surface area contributed by atoms with Crippen molar-refractivity contribution in [3.8, 4) is 0 Å². The molecule has 0 spiro atoms. The molecule has 1 saturated carbocycles. The molecule has 20 heavy (non-hydrogen) atoms. The maximum Gasteiger partial charge on any atom is 0.254 e. The van der Waals surface area contributed by atoms with Crippen LogP contribution in [0.3, 0.4) is 0 Å². The molecule has 0 saturated heterocycles. The number of amides is 1. The summed E-state index contributed by atoms with van der Waals surface area (Å²) in [5.41, 5.74) is 0.508. The second kappa shape index (κ2) is 7.55. The largest absolute Gasteiger partial charge is 0.376 e. The molecule has 0 radical (unpaired) electrons. The number of H-pyrrole nitrogens is 1. The minimum atomic E-state index is -0.146. The first-order valence-corrected chi connectivity index (χ1v) is 7.67. The highest BCUT2D eigenvalue weighted by molar-refractivity contribution is 7.71. The normalized spacial score (nSPS) is 22.4. The summed E-state index contributed by atoms with van der Waals surface area (Å²) in [5.74, 6) is 0.481. The third kappa shape index (κ3) is 4.15. The van der Waals surface area contributed by atoms with Crippen molar-refractivity contribution in [3.63, 3.8) is 0 Å². The Bertz CT molecular complexity index is 501. The van der Waals surface area contributed by atoms with E-state index in [1.165, 1.54) is 19.3 Å². The lowest BCUT2D eigenvalue weighted by Crippen LogP contribution is -2.32. The molecule has 1 fully saturated rings. The van der Waals surface area contributed by atoms with Crippen LogP contribution in [-0.4, -0.2) is 30.1 Å². The average Bonchev–Trinajstić information content (AvgIpc) is 2.45. The zero-order valence-corrected chi connectivity index (χ0v) is 12.7. The molecule has 4 nitrogen and oxygen atoms in total. The molecule has 1 heterocycles. The number of aromatic nitrogens is 1. The summed E-state index contributed by atoms with van der Waals surface area (Å²) in [6.07, 6.45) is 7.01. The van der Waals surface area contributed by atoms with Crippen LogP contribution in [0.4, 0.5) is 0 Å². The van der Waals surface area contributed by atoms with Crippen LogP contribution in [0.1, 0.15) is 43.0 Å². The molecule has 5 heteroatoms. The summed E-state index contributed by atoms with van der Waals surface area (Å²) >= 11 is 5.08. The SMILES string of the molecule is C[C@H]1CCCC[C@H]1OCCNC(=O)c1ccc[nH]c1=S. The molecule has 0 bridgehead atoms. The molecule has 2 rings (SSSR count). The predicted octanol–water partition coefficient (Wildman–Crippen LogP) is 3.07. The number of hydrogen-bond donors (Lipinski definition) is 2. The zero-order valence-electron chi connectivity index (χ0n) is 11.9. The van der Waals surface area contributed by atoms with Gasteiger partial charge in [0.15, 0.2) is 0 Å². The van der Waals surface area contributed by atoms with Crippen molar-refractivity contribution >= 4 is 18.1 Å². The Kier molecular flexibility index (Phi) is 5.73. The van der Waals surface area contributed by atoms with Gasteiger partial charge in [-0.15, -0.1) is 0 Å². The Balaban J connectivity index is 1.72. The summed E-state index contributed by atoms with van der Waals surface area (Å²) < 4.78 is 6.33. The summed E-state index contributed by atoms with van der Waals surface area (Å²) in [6, 6.07) is 3.49. The van der Waals surface area contributed by atoms with Crippen LogP contribution in [0, 0.1) is 10.6 Å². The third-order valence-electron chi connectivity index (χ3n) is 3.82. The molecule has 0 aliphatic heterocycles. The number of carbonyl (C=O) groups is 1. The van der Waals surface area contributed by atoms with Gasteiger partial charge < -0.3 is 15.0 Å². The lowest BCUT2D eigenvalue weighted by Gasteiger charge is -2.28. The van der Waals surface area contributed by atoms with Crippen molar-refractivity contribution in [2.45, 2.75) is 38.7 Å². The van der Waals surface area contributed by atoms with E-state index in [9.17, 15) is 4.79 Å². The van der Waals surface area contributed by atoms with Crippen molar-refractivity contribution in [2.24, 2.45) is 5.92 Å². The van der Waals surface area contributed by atoms with Crippen molar-refractivity contribution in [1.29, 1.82) is 0 Å². The van der Waals surface area contributed by atoms with Crippen LogP contribution in [-0.2, 0) is 4.74 Å². The standard InChI is InChI=1S/C15H22N2O2S/c1-11-5-2-3-7-13(11)19-10-9-16-14(18)12-6-4-8-17-15(12)20/h4,6,8,11,13H,2-3,5,7,9-10H2,1H3,(H,16,18)(H,17,20)/t11-,13+/m0/s1. The Morgan fingerprint density at radius 3 is 3.05 bits per heavy atom. The first-order valence-electron chi connectivity index (χ1n) is 7.26. The highest BCUT2D eigenvalue weighted by Gasteiger charge is 2.21. The molecular formula is C15H22N2O2S. The van der Waals surface area contributed by atoms with Gasteiger partial charge in [-0.25, -0.2) is 0 Å². The van der Waals surface area contributed by atoms with Gasteiger partial charge in [-0.2, -0.15) is 0 Å². The topological polar surface area (TPSA) is 54.1 Å². The maximum absolute atomic E-state index is 11.9. The van der Waals surface area contributed by atoms with Gasteiger partial charge in [0.25, 0.3) is 5.91 Å². The molecule has 1 aromatic rings. The number of aromatic amines is 1. The van der Waals surface area contributed by atoms with E-state index in [2.05, 4.69) is 17.2 Å². The van der Waals surface area contributed by atoms with E-state index in [1.807, 2.05) is 0 Å². The minimum Gasteiger partial charge on any atom is -0.376 e. The van der Waals surface area contributed by atoms with E-state index >= 15 is 0 Å². The first-order chi connectivity index (χ1) is 9.68. The van der Waals surface area contributed by atoms with Crippen LogP contribution < -0.4 is 5.32 Å². The number of pyridine rings is 1.